The number of nitrogens with one attached hydrogen (secondary N) is 1. The third kappa shape index (κ3) is 3.78. The SMILES string of the molecule is CC(C)(C)NCc1nnc(-c2cccc(Br)c2Cl)o1. The van der Waals surface area contributed by atoms with Crippen LogP contribution in [0.25, 0.3) is 11.5 Å². The van der Waals surface area contributed by atoms with Crippen LogP contribution in [0.2, 0.25) is 5.02 Å². The molecule has 0 saturated carbocycles. The van der Waals surface area contributed by atoms with Crippen LogP contribution in [0.3, 0.4) is 0 Å². The zero-order valence-corrected chi connectivity index (χ0v) is 13.3. The highest BCUT2D eigenvalue weighted by molar-refractivity contribution is 9.10. The van der Waals surface area contributed by atoms with Crippen LogP contribution in [0.1, 0.15) is 26.7 Å². The molecule has 0 aliphatic rings. The lowest BCUT2D eigenvalue weighted by Gasteiger charge is -2.18. The van der Waals surface area contributed by atoms with Crippen LogP contribution in [0.5, 0.6) is 0 Å². The summed E-state index contributed by atoms with van der Waals surface area (Å²) in [7, 11) is 0. The minimum atomic E-state index is 0.00204. The first kappa shape index (κ1) is 14.5. The molecule has 6 heteroatoms. The van der Waals surface area contributed by atoms with Gasteiger partial charge in [-0.25, -0.2) is 0 Å². The molecular weight excluding hydrogens is 330 g/mol. The van der Waals surface area contributed by atoms with E-state index in [1.54, 1.807) is 0 Å². The van der Waals surface area contributed by atoms with E-state index in [2.05, 4.69) is 52.2 Å². The Morgan fingerprint density at radius 1 is 1.32 bits per heavy atom. The molecule has 0 radical (unpaired) electrons. The largest absolute Gasteiger partial charge is 0.419 e. The molecule has 0 fully saturated rings. The summed E-state index contributed by atoms with van der Waals surface area (Å²) in [6.45, 7) is 6.77. The van der Waals surface area contributed by atoms with E-state index in [1.807, 2.05) is 18.2 Å². The van der Waals surface area contributed by atoms with Crippen molar-refractivity contribution in [2.45, 2.75) is 32.9 Å². The fraction of sp³-hybridized carbons (Fsp3) is 0.385. The first-order chi connectivity index (χ1) is 8.87. The number of rotatable bonds is 3. The molecule has 19 heavy (non-hydrogen) atoms. The third-order valence-electron chi connectivity index (χ3n) is 2.42. The average molecular weight is 345 g/mol. The van der Waals surface area contributed by atoms with Crippen LogP contribution < -0.4 is 5.32 Å². The molecule has 0 aliphatic carbocycles. The van der Waals surface area contributed by atoms with E-state index in [0.717, 1.165) is 10.0 Å². The Hall–Kier alpha value is -0.910. The topological polar surface area (TPSA) is 51.0 Å². The van der Waals surface area contributed by atoms with Gasteiger partial charge in [-0.15, -0.1) is 10.2 Å². The molecule has 0 atom stereocenters. The third-order valence-corrected chi connectivity index (χ3v) is 3.72. The molecule has 0 unspecified atom stereocenters. The van der Waals surface area contributed by atoms with Gasteiger partial charge in [0.2, 0.25) is 11.8 Å². The summed E-state index contributed by atoms with van der Waals surface area (Å²) in [6.07, 6.45) is 0. The van der Waals surface area contributed by atoms with Crippen LogP contribution >= 0.6 is 27.5 Å². The van der Waals surface area contributed by atoms with Gasteiger partial charge in [0.1, 0.15) is 0 Å². The van der Waals surface area contributed by atoms with Crippen molar-refractivity contribution in [3.8, 4) is 11.5 Å². The van der Waals surface area contributed by atoms with Crippen LogP contribution in [-0.2, 0) is 6.54 Å². The Morgan fingerprint density at radius 3 is 2.74 bits per heavy atom. The smallest absolute Gasteiger partial charge is 0.249 e. The summed E-state index contributed by atoms with van der Waals surface area (Å²) < 4.78 is 6.42. The minimum Gasteiger partial charge on any atom is -0.419 e. The van der Waals surface area contributed by atoms with Crippen molar-refractivity contribution < 1.29 is 4.42 Å². The quantitative estimate of drug-likeness (QED) is 0.913. The van der Waals surface area contributed by atoms with E-state index in [0.29, 0.717) is 23.3 Å². The first-order valence-corrected chi connectivity index (χ1v) is 7.06. The zero-order chi connectivity index (χ0) is 14.0. The van der Waals surface area contributed by atoms with E-state index in [4.69, 9.17) is 16.0 Å². The maximum absolute atomic E-state index is 6.20. The van der Waals surface area contributed by atoms with Crippen molar-refractivity contribution in [1.82, 2.24) is 15.5 Å². The molecule has 1 N–H and O–H groups in total. The van der Waals surface area contributed by atoms with Gasteiger partial charge >= 0.3 is 0 Å². The second-order valence-corrected chi connectivity index (χ2v) is 6.44. The highest BCUT2D eigenvalue weighted by Crippen LogP contribution is 2.32. The van der Waals surface area contributed by atoms with E-state index >= 15 is 0 Å². The van der Waals surface area contributed by atoms with Gasteiger partial charge in [-0.2, -0.15) is 0 Å². The van der Waals surface area contributed by atoms with Crippen LogP contribution in [0.15, 0.2) is 27.1 Å². The highest BCUT2D eigenvalue weighted by Gasteiger charge is 2.15. The molecule has 4 nitrogen and oxygen atoms in total. The van der Waals surface area contributed by atoms with E-state index < -0.39 is 0 Å². The number of benzene rings is 1. The lowest BCUT2D eigenvalue weighted by Crippen LogP contribution is -2.35. The normalized spacial score (nSPS) is 11.8. The molecule has 1 aromatic carbocycles. The van der Waals surface area contributed by atoms with Gasteiger partial charge in [-0.3, -0.25) is 0 Å². The van der Waals surface area contributed by atoms with E-state index in [-0.39, 0.29) is 5.54 Å². The fourth-order valence-corrected chi connectivity index (χ4v) is 2.02. The first-order valence-electron chi connectivity index (χ1n) is 5.88. The highest BCUT2D eigenvalue weighted by atomic mass is 79.9. The van der Waals surface area contributed by atoms with Gasteiger partial charge in [0.15, 0.2) is 0 Å². The van der Waals surface area contributed by atoms with Crippen LogP contribution in [-0.4, -0.2) is 15.7 Å². The molecule has 0 spiro atoms. The standard InChI is InChI=1S/C13H15BrClN3O/c1-13(2,3)16-7-10-17-18-12(19-10)8-5-4-6-9(14)11(8)15/h4-6,16H,7H2,1-3H3. The van der Waals surface area contributed by atoms with Crippen molar-refractivity contribution >= 4 is 27.5 Å². The predicted octanol–water partition coefficient (Wildman–Crippen LogP) is 4.04. The molecule has 1 aromatic heterocycles. The van der Waals surface area contributed by atoms with E-state index in [9.17, 15) is 0 Å². The average Bonchev–Trinajstić information content (AvgIpc) is 2.78. The molecule has 0 aliphatic heterocycles. The summed E-state index contributed by atoms with van der Waals surface area (Å²) in [6, 6.07) is 5.59. The molecule has 0 amide bonds. The van der Waals surface area contributed by atoms with Gasteiger partial charge in [0, 0.05) is 10.0 Å². The number of nitrogens with zero attached hydrogens (tertiary/aromatic N) is 2. The van der Waals surface area contributed by atoms with Crippen molar-refractivity contribution in [2.24, 2.45) is 0 Å². The van der Waals surface area contributed by atoms with Gasteiger partial charge in [0.05, 0.1) is 17.1 Å². The maximum atomic E-state index is 6.20. The van der Waals surface area contributed by atoms with Gasteiger partial charge < -0.3 is 9.73 Å². The number of halogens is 2. The Morgan fingerprint density at radius 2 is 2.05 bits per heavy atom. The molecule has 1 heterocycles. The van der Waals surface area contributed by atoms with Crippen molar-refractivity contribution in [3.63, 3.8) is 0 Å². The lowest BCUT2D eigenvalue weighted by molar-refractivity contribution is 0.383. The monoisotopic (exact) mass is 343 g/mol. The van der Waals surface area contributed by atoms with Gasteiger partial charge in [0.25, 0.3) is 0 Å². The molecule has 2 aromatic rings. The second kappa shape index (κ2) is 5.61. The molecule has 2 rings (SSSR count). The van der Waals surface area contributed by atoms with E-state index in [1.165, 1.54) is 0 Å². The summed E-state index contributed by atoms with van der Waals surface area (Å²) in [5.74, 6) is 0.970. The van der Waals surface area contributed by atoms with Gasteiger partial charge in [-0.1, -0.05) is 17.7 Å². The van der Waals surface area contributed by atoms with Crippen LogP contribution in [0, 0.1) is 0 Å². The Bertz CT molecular complexity index is 578. The Balaban J connectivity index is 2.19. The number of hydrogen-bond acceptors (Lipinski definition) is 4. The minimum absolute atomic E-state index is 0.00204. The molecular formula is C13H15BrClN3O. The molecule has 102 valence electrons. The second-order valence-electron chi connectivity index (χ2n) is 5.21. The summed E-state index contributed by atoms with van der Waals surface area (Å²) >= 11 is 9.57. The number of aromatic nitrogens is 2. The van der Waals surface area contributed by atoms with Crippen molar-refractivity contribution in [2.75, 3.05) is 0 Å². The Labute approximate surface area is 125 Å². The summed E-state index contributed by atoms with van der Waals surface area (Å²) in [5.41, 5.74) is 0.729. The zero-order valence-electron chi connectivity index (χ0n) is 11.0. The van der Waals surface area contributed by atoms with Crippen molar-refractivity contribution in [3.05, 3.63) is 33.6 Å². The van der Waals surface area contributed by atoms with Crippen molar-refractivity contribution in [1.29, 1.82) is 0 Å². The maximum Gasteiger partial charge on any atom is 0.249 e. The lowest BCUT2D eigenvalue weighted by atomic mass is 10.1. The molecule has 0 bridgehead atoms. The Kier molecular flexibility index (Phi) is 4.28. The van der Waals surface area contributed by atoms with Crippen LogP contribution in [0.4, 0.5) is 0 Å². The number of hydrogen-bond donors (Lipinski definition) is 1. The fourth-order valence-electron chi connectivity index (χ4n) is 1.44. The summed E-state index contributed by atoms with van der Waals surface area (Å²) in [4.78, 5) is 0. The van der Waals surface area contributed by atoms with Gasteiger partial charge in [-0.05, 0) is 48.8 Å². The summed E-state index contributed by atoms with van der Waals surface area (Å²) in [5, 5.41) is 11.9. The predicted molar refractivity (Wildman–Crippen MR) is 79.0 cm³/mol. The molecule has 0 saturated heterocycles.